The lowest BCUT2D eigenvalue weighted by Gasteiger charge is -2.29. The average Bonchev–Trinajstić information content (AvgIpc) is 3.02. The van der Waals surface area contributed by atoms with Crippen LogP contribution < -0.4 is 4.74 Å². The lowest BCUT2D eigenvalue weighted by molar-refractivity contribution is -0.139. The highest BCUT2D eigenvalue weighted by Gasteiger charge is 2.43. The number of carbonyl (C=O) groups excluding carboxylic acids is 1. The second kappa shape index (κ2) is 6.62. The number of benzene rings is 1. The standard InChI is InChI=1S/C17H22N2O2/c1-3-19(12-14-6-8-15(21-2)9-7-14)16(20)17(13-18)10-4-5-11-17/h6-9H,3-5,10-12H2,1-2H3. The van der Waals surface area contributed by atoms with Crippen LogP contribution in [-0.4, -0.2) is 24.5 Å². The van der Waals surface area contributed by atoms with Crippen LogP contribution in [-0.2, 0) is 11.3 Å². The Labute approximate surface area is 126 Å². The molecule has 4 heteroatoms. The van der Waals surface area contributed by atoms with Crippen LogP contribution in [0.2, 0.25) is 0 Å². The Morgan fingerprint density at radius 2 is 1.95 bits per heavy atom. The molecular weight excluding hydrogens is 264 g/mol. The van der Waals surface area contributed by atoms with Gasteiger partial charge in [0.05, 0.1) is 13.2 Å². The van der Waals surface area contributed by atoms with Crippen LogP contribution in [0.1, 0.15) is 38.2 Å². The summed E-state index contributed by atoms with van der Waals surface area (Å²) in [5.41, 5.74) is 0.264. The number of nitrogens with zero attached hydrogens (tertiary/aromatic N) is 2. The summed E-state index contributed by atoms with van der Waals surface area (Å²) < 4.78 is 5.14. The molecule has 21 heavy (non-hydrogen) atoms. The first kappa shape index (κ1) is 15.4. The zero-order chi connectivity index (χ0) is 15.3. The molecule has 0 N–H and O–H groups in total. The third kappa shape index (κ3) is 3.18. The highest BCUT2D eigenvalue weighted by molar-refractivity contribution is 5.85. The molecular formula is C17H22N2O2. The van der Waals surface area contributed by atoms with Crippen LogP contribution in [0.25, 0.3) is 0 Å². The van der Waals surface area contributed by atoms with E-state index < -0.39 is 5.41 Å². The molecule has 0 saturated heterocycles. The minimum atomic E-state index is -0.789. The van der Waals surface area contributed by atoms with Crippen molar-refractivity contribution >= 4 is 5.91 Å². The molecule has 0 atom stereocenters. The predicted octanol–water partition coefficient (Wildman–Crippen LogP) is 3.13. The van der Waals surface area contributed by atoms with Crippen molar-refractivity contribution in [1.29, 1.82) is 5.26 Å². The van der Waals surface area contributed by atoms with Crippen molar-refractivity contribution in [2.75, 3.05) is 13.7 Å². The predicted molar refractivity (Wildman–Crippen MR) is 80.6 cm³/mol. The molecule has 1 saturated carbocycles. The third-order valence-electron chi connectivity index (χ3n) is 4.28. The van der Waals surface area contributed by atoms with Crippen LogP contribution in [0.3, 0.4) is 0 Å². The van der Waals surface area contributed by atoms with Gasteiger partial charge < -0.3 is 9.64 Å². The summed E-state index contributed by atoms with van der Waals surface area (Å²) in [5, 5.41) is 9.45. The van der Waals surface area contributed by atoms with Gasteiger partial charge in [0.15, 0.2) is 0 Å². The summed E-state index contributed by atoms with van der Waals surface area (Å²) in [4.78, 5) is 14.5. The van der Waals surface area contributed by atoms with Crippen LogP contribution in [0.15, 0.2) is 24.3 Å². The molecule has 0 aliphatic heterocycles. The van der Waals surface area contributed by atoms with Crippen molar-refractivity contribution in [3.63, 3.8) is 0 Å². The summed E-state index contributed by atoms with van der Waals surface area (Å²) in [6, 6.07) is 9.99. The average molecular weight is 286 g/mol. The van der Waals surface area contributed by atoms with Gasteiger partial charge in [-0.25, -0.2) is 0 Å². The second-order valence-corrected chi connectivity index (χ2v) is 5.57. The monoisotopic (exact) mass is 286 g/mol. The van der Waals surface area contributed by atoms with Crippen molar-refractivity contribution in [2.24, 2.45) is 5.41 Å². The van der Waals surface area contributed by atoms with Crippen LogP contribution >= 0.6 is 0 Å². The number of ether oxygens (including phenoxy) is 1. The fourth-order valence-corrected chi connectivity index (χ4v) is 2.93. The van der Waals surface area contributed by atoms with Gasteiger partial charge in [0.25, 0.3) is 0 Å². The summed E-state index contributed by atoms with van der Waals surface area (Å²) in [6.07, 6.45) is 3.33. The lowest BCUT2D eigenvalue weighted by Crippen LogP contribution is -2.41. The van der Waals surface area contributed by atoms with Crippen molar-refractivity contribution in [3.8, 4) is 11.8 Å². The highest BCUT2D eigenvalue weighted by Crippen LogP contribution is 2.39. The number of methoxy groups -OCH3 is 1. The summed E-state index contributed by atoms with van der Waals surface area (Å²) in [5.74, 6) is 0.790. The Morgan fingerprint density at radius 3 is 2.43 bits per heavy atom. The third-order valence-corrected chi connectivity index (χ3v) is 4.28. The van der Waals surface area contributed by atoms with Gasteiger partial charge in [-0.15, -0.1) is 0 Å². The van der Waals surface area contributed by atoms with Gasteiger partial charge in [-0.05, 0) is 37.5 Å². The van der Waals surface area contributed by atoms with Crippen LogP contribution in [0, 0.1) is 16.7 Å². The van der Waals surface area contributed by atoms with Crippen molar-refractivity contribution in [2.45, 2.75) is 39.2 Å². The zero-order valence-corrected chi connectivity index (χ0v) is 12.8. The van der Waals surface area contributed by atoms with Gasteiger partial charge in [0.1, 0.15) is 11.2 Å². The van der Waals surface area contributed by atoms with Crippen molar-refractivity contribution in [1.82, 2.24) is 4.90 Å². The number of hydrogen-bond donors (Lipinski definition) is 0. The minimum absolute atomic E-state index is 0.0131. The first-order valence-corrected chi connectivity index (χ1v) is 7.49. The Hall–Kier alpha value is -2.02. The number of hydrogen-bond acceptors (Lipinski definition) is 3. The molecule has 0 heterocycles. The van der Waals surface area contributed by atoms with Crippen LogP contribution in [0.4, 0.5) is 0 Å². The molecule has 1 aliphatic carbocycles. The highest BCUT2D eigenvalue weighted by atomic mass is 16.5. The quantitative estimate of drug-likeness (QED) is 0.835. The van der Waals surface area contributed by atoms with Gasteiger partial charge in [-0.1, -0.05) is 25.0 Å². The van der Waals surface area contributed by atoms with Gasteiger partial charge in [0, 0.05) is 13.1 Å². The maximum absolute atomic E-state index is 12.7. The molecule has 0 bridgehead atoms. The van der Waals surface area contributed by atoms with E-state index in [1.165, 1.54) is 0 Å². The van der Waals surface area contributed by atoms with E-state index in [0.717, 1.165) is 24.2 Å². The molecule has 1 aromatic carbocycles. The number of amides is 1. The first-order valence-electron chi connectivity index (χ1n) is 7.49. The zero-order valence-electron chi connectivity index (χ0n) is 12.8. The molecule has 1 amide bonds. The van der Waals surface area contributed by atoms with E-state index in [1.807, 2.05) is 31.2 Å². The number of carbonyl (C=O) groups is 1. The number of nitriles is 1. The SMILES string of the molecule is CCN(Cc1ccc(OC)cc1)C(=O)C1(C#N)CCCC1. The summed E-state index contributed by atoms with van der Waals surface area (Å²) in [7, 11) is 1.63. The largest absolute Gasteiger partial charge is 0.497 e. The Bertz CT molecular complexity index is 525. The maximum atomic E-state index is 12.7. The molecule has 1 aliphatic rings. The van der Waals surface area contributed by atoms with Crippen molar-refractivity contribution in [3.05, 3.63) is 29.8 Å². The Kier molecular flexibility index (Phi) is 4.85. The van der Waals surface area contributed by atoms with E-state index in [9.17, 15) is 10.1 Å². The normalized spacial score (nSPS) is 16.2. The first-order chi connectivity index (χ1) is 10.1. The van der Waals surface area contributed by atoms with Gasteiger partial charge in [-0.3, -0.25) is 4.79 Å². The summed E-state index contributed by atoms with van der Waals surface area (Å²) in [6.45, 7) is 3.12. The maximum Gasteiger partial charge on any atom is 0.243 e. The van der Waals surface area contributed by atoms with Gasteiger partial charge in [-0.2, -0.15) is 5.26 Å². The molecule has 0 radical (unpaired) electrons. The van der Waals surface area contributed by atoms with Gasteiger partial charge >= 0.3 is 0 Å². The Morgan fingerprint density at radius 1 is 1.33 bits per heavy atom. The molecule has 4 nitrogen and oxygen atoms in total. The molecule has 0 aromatic heterocycles. The smallest absolute Gasteiger partial charge is 0.243 e. The van der Waals surface area contributed by atoms with E-state index in [1.54, 1.807) is 12.0 Å². The second-order valence-electron chi connectivity index (χ2n) is 5.57. The fraction of sp³-hybridized carbons (Fsp3) is 0.529. The number of rotatable bonds is 5. The molecule has 2 rings (SSSR count). The summed E-state index contributed by atoms with van der Waals surface area (Å²) >= 11 is 0. The Balaban J connectivity index is 2.11. The fourth-order valence-electron chi connectivity index (χ4n) is 2.93. The van der Waals surface area contributed by atoms with E-state index in [0.29, 0.717) is 25.9 Å². The van der Waals surface area contributed by atoms with E-state index >= 15 is 0 Å². The topological polar surface area (TPSA) is 53.3 Å². The van der Waals surface area contributed by atoms with E-state index in [4.69, 9.17) is 4.74 Å². The molecule has 112 valence electrons. The van der Waals surface area contributed by atoms with E-state index in [2.05, 4.69) is 6.07 Å². The van der Waals surface area contributed by atoms with Crippen molar-refractivity contribution < 1.29 is 9.53 Å². The minimum Gasteiger partial charge on any atom is -0.497 e. The molecule has 1 aromatic rings. The van der Waals surface area contributed by atoms with Gasteiger partial charge in [0.2, 0.25) is 5.91 Å². The molecule has 1 fully saturated rings. The molecule has 0 spiro atoms. The van der Waals surface area contributed by atoms with E-state index in [-0.39, 0.29) is 5.91 Å². The molecule has 0 unspecified atom stereocenters. The lowest BCUT2D eigenvalue weighted by atomic mass is 9.86. The van der Waals surface area contributed by atoms with Crippen LogP contribution in [0.5, 0.6) is 5.75 Å².